The number of anilines is 1. The molecule has 32 heavy (non-hydrogen) atoms. The molecule has 3 aromatic heterocycles. The number of rotatable bonds is 4. The monoisotopic (exact) mass is 438 g/mol. The summed E-state index contributed by atoms with van der Waals surface area (Å²) in [6, 6.07) is 23.5. The molecule has 5 aromatic rings. The molecule has 0 aliphatic heterocycles. The number of para-hydroxylation sites is 2. The highest BCUT2D eigenvalue weighted by molar-refractivity contribution is 7.13. The lowest BCUT2D eigenvalue weighted by molar-refractivity contribution is 0.101. The first-order valence-electron chi connectivity index (χ1n) is 9.59. The van der Waals surface area contributed by atoms with Crippen molar-refractivity contribution in [3.8, 4) is 22.3 Å². The van der Waals surface area contributed by atoms with Crippen LogP contribution in [0.1, 0.15) is 16.2 Å². The van der Waals surface area contributed by atoms with Crippen LogP contribution in [0.4, 0.5) is 5.69 Å². The molecule has 0 radical (unpaired) electrons. The molecule has 0 aliphatic rings. The van der Waals surface area contributed by atoms with Crippen molar-refractivity contribution in [3.63, 3.8) is 0 Å². The SMILES string of the molecule is N#Cc1c(-c2cccs2)nc2n(-c3ccccc3)nc(C(=O)Nc3ccccc3)n2c1=O. The number of carbonyl (C=O) groups excluding carboxylic acids is 1. The summed E-state index contributed by atoms with van der Waals surface area (Å²) in [5.41, 5.74) is 0.640. The Bertz CT molecular complexity index is 1530. The van der Waals surface area contributed by atoms with Crippen molar-refractivity contribution in [1.82, 2.24) is 19.2 Å². The van der Waals surface area contributed by atoms with E-state index in [0.29, 0.717) is 16.3 Å². The molecule has 0 atom stereocenters. The van der Waals surface area contributed by atoms with Gasteiger partial charge in [0.25, 0.3) is 11.5 Å². The van der Waals surface area contributed by atoms with Gasteiger partial charge < -0.3 is 5.32 Å². The van der Waals surface area contributed by atoms with Crippen LogP contribution in [-0.2, 0) is 0 Å². The van der Waals surface area contributed by atoms with Gasteiger partial charge in [-0.15, -0.1) is 16.4 Å². The van der Waals surface area contributed by atoms with Crippen LogP contribution in [0.2, 0.25) is 0 Å². The summed E-state index contributed by atoms with van der Waals surface area (Å²) in [6.45, 7) is 0. The Balaban J connectivity index is 1.79. The molecule has 0 aliphatic carbocycles. The molecule has 0 bridgehead atoms. The molecule has 0 saturated carbocycles. The fraction of sp³-hybridized carbons (Fsp3) is 0. The van der Waals surface area contributed by atoms with Gasteiger partial charge in [0.1, 0.15) is 17.3 Å². The number of aromatic nitrogens is 4. The van der Waals surface area contributed by atoms with Gasteiger partial charge in [-0.25, -0.2) is 9.38 Å². The predicted octanol–water partition coefficient (Wildman–Crippen LogP) is 3.73. The normalized spacial score (nSPS) is 10.7. The topological polar surface area (TPSA) is 105 Å². The van der Waals surface area contributed by atoms with E-state index < -0.39 is 11.5 Å². The highest BCUT2D eigenvalue weighted by Gasteiger charge is 2.25. The van der Waals surface area contributed by atoms with Gasteiger partial charge in [0.05, 0.1) is 10.6 Å². The van der Waals surface area contributed by atoms with Crippen LogP contribution in [0, 0.1) is 11.3 Å². The maximum atomic E-state index is 13.4. The molecule has 5 rings (SSSR count). The number of carbonyl (C=O) groups is 1. The molecular weight excluding hydrogens is 424 g/mol. The zero-order valence-electron chi connectivity index (χ0n) is 16.5. The summed E-state index contributed by atoms with van der Waals surface area (Å²) in [5, 5.41) is 18.7. The maximum Gasteiger partial charge on any atom is 0.294 e. The van der Waals surface area contributed by atoms with Gasteiger partial charge >= 0.3 is 0 Å². The first-order valence-corrected chi connectivity index (χ1v) is 10.5. The van der Waals surface area contributed by atoms with Crippen molar-refractivity contribution in [3.05, 3.63) is 99.9 Å². The molecule has 2 aromatic carbocycles. The van der Waals surface area contributed by atoms with Crippen molar-refractivity contribution in [1.29, 1.82) is 5.26 Å². The Morgan fingerprint density at radius 2 is 1.72 bits per heavy atom. The van der Waals surface area contributed by atoms with E-state index in [4.69, 9.17) is 0 Å². The first kappa shape index (κ1) is 19.4. The number of hydrogen-bond donors (Lipinski definition) is 1. The predicted molar refractivity (Wildman–Crippen MR) is 121 cm³/mol. The Labute approximate surface area is 185 Å². The molecule has 1 amide bonds. The number of amides is 1. The third-order valence-electron chi connectivity index (χ3n) is 4.76. The third kappa shape index (κ3) is 3.25. The molecule has 0 saturated heterocycles. The lowest BCUT2D eigenvalue weighted by Crippen LogP contribution is -2.25. The second-order valence-corrected chi connectivity index (χ2v) is 7.70. The fourth-order valence-electron chi connectivity index (χ4n) is 3.32. The highest BCUT2D eigenvalue weighted by Crippen LogP contribution is 2.26. The number of thiophene rings is 1. The summed E-state index contributed by atoms with van der Waals surface area (Å²) in [4.78, 5) is 31.7. The summed E-state index contributed by atoms with van der Waals surface area (Å²) < 4.78 is 2.51. The molecule has 0 fully saturated rings. The van der Waals surface area contributed by atoms with Crippen LogP contribution in [0.3, 0.4) is 0 Å². The number of nitrogens with zero attached hydrogens (tertiary/aromatic N) is 5. The number of fused-ring (bicyclic) bond motifs is 1. The van der Waals surface area contributed by atoms with E-state index in [0.717, 1.165) is 4.40 Å². The average molecular weight is 438 g/mol. The second kappa shape index (κ2) is 7.94. The zero-order valence-corrected chi connectivity index (χ0v) is 17.3. The van der Waals surface area contributed by atoms with Crippen molar-refractivity contribution in [2.24, 2.45) is 0 Å². The summed E-state index contributed by atoms with van der Waals surface area (Å²) in [7, 11) is 0. The lowest BCUT2D eigenvalue weighted by Gasteiger charge is -2.05. The fourth-order valence-corrected chi connectivity index (χ4v) is 4.04. The van der Waals surface area contributed by atoms with Crippen LogP contribution in [0.25, 0.3) is 22.0 Å². The third-order valence-corrected chi connectivity index (χ3v) is 5.64. The Morgan fingerprint density at radius 3 is 2.38 bits per heavy atom. The summed E-state index contributed by atoms with van der Waals surface area (Å²) >= 11 is 1.37. The molecule has 3 heterocycles. The van der Waals surface area contributed by atoms with E-state index in [2.05, 4.69) is 15.4 Å². The number of nitrogens with one attached hydrogen (secondary N) is 1. The Morgan fingerprint density at radius 1 is 1.00 bits per heavy atom. The minimum atomic E-state index is -0.652. The van der Waals surface area contributed by atoms with Crippen molar-refractivity contribution in [2.75, 3.05) is 5.32 Å². The van der Waals surface area contributed by atoms with Crippen molar-refractivity contribution >= 4 is 28.7 Å². The largest absolute Gasteiger partial charge is 0.319 e. The smallest absolute Gasteiger partial charge is 0.294 e. The number of nitriles is 1. The van der Waals surface area contributed by atoms with Crippen LogP contribution < -0.4 is 10.9 Å². The van der Waals surface area contributed by atoms with Gasteiger partial charge in [0, 0.05) is 5.69 Å². The van der Waals surface area contributed by atoms with E-state index in [1.165, 1.54) is 16.0 Å². The number of benzene rings is 2. The average Bonchev–Trinajstić information content (AvgIpc) is 3.49. The molecular formula is C23H14N6O2S. The zero-order chi connectivity index (χ0) is 22.1. The van der Waals surface area contributed by atoms with Crippen molar-refractivity contribution < 1.29 is 4.79 Å². The minimum Gasteiger partial charge on any atom is -0.319 e. The first-order chi connectivity index (χ1) is 15.7. The summed E-state index contributed by atoms with van der Waals surface area (Å²) in [5.74, 6) is -0.617. The number of hydrogen-bond acceptors (Lipinski definition) is 6. The summed E-state index contributed by atoms with van der Waals surface area (Å²) in [6.07, 6.45) is 0. The molecule has 0 unspecified atom stereocenters. The van der Waals surface area contributed by atoms with Crippen LogP contribution >= 0.6 is 11.3 Å². The minimum absolute atomic E-state index is 0.141. The molecule has 1 N–H and O–H groups in total. The van der Waals surface area contributed by atoms with Crippen LogP contribution in [-0.4, -0.2) is 25.1 Å². The van der Waals surface area contributed by atoms with Gasteiger partial charge in [-0.1, -0.05) is 42.5 Å². The van der Waals surface area contributed by atoms with E-state index >= 15 is 0 Å². The van der Waals surface area contributed by atoms with Crippen LogP contribution in [0.15, 0.2) is 83.0 Å². The van der Waals surface area contributed by atoms with E-state index in [9.17, 15) is 14.9 Å². The maximum absolute atomic E-state index is 13.4. The molecule has 8 nitrogen and oxygen atoms in total. The lowest BCUT2D eigenvalue weighted by atomic mass is 10.2. The van der Waals surface area contributed by atoms with E-state index in [1.54, 1.807) is 42.5 Å². The van der Waals surface area contributed by atoms with E-state index in [1.807, 2.05) is 41.8 Å². The van der Waals surface area contributed by atoms with Gasteiger partial charge in [-0.3, -0.25) is 9.59 Å². The van der Waals surface area contributed by atoms with Crippen LogP contribution in [0.5, 0.6) is 0 Å². The van der Waals surface area contributed by atoms with Crippen molar-refractivity contribution in [2.45, 2.75) is 0 Å². The molecule has 0 spiro atoms. The molecule has 9 heteroatoms. The van der Waals surface area contributed by atoms with Gasteiger partial charge in [-0.2, -0.15) is 9.94 Å². The van der Waals surface area contributed by atoms with Gasteiger partial charge in [0.15, 0.2) is 0 Å². The standard InChI is InChI=1S/C23H14N6O2S/c24-14-17-19(18-12-7-13-32-18)26-23-28(22(17)31)20(21(30)25-15-8-3-1-4-9-15)27-29(23)16-10-5-2-6-11-16/h1-13H,(H,25,30). The van der Waals surface area contributed by atoms with Gasteiger partial charge in [0.2, 0.25) is 11.6 Å². The van der Waals surface area contributed by atoms with E-state index in [-0.39, 0.29) is 22.9 Å². The molecule has 154 valence electrons. The quantitative estimate of drug-likeness (QED) is 0.460. The Kier molecular flexibility index (Phi) is 4.82. The Hall–Kier alpha value is -4.55. The second-order valence-electron chi connectivity index (χ2n) is 6.76. The van der Waals surface area contributed by atoms with Gasteiger partial charge in [-0.05, 0) is 35.7 Å². The highest BCUT2D eigenvalue weighted by atomic mass is 32.1.